The van der Waals surface area contributed by atoms with E-state index >= 15 is 0 Å². The minimum Gasteiger partial charge on any atom is -0.493 e. The predicted molar refractivity (Wildman–Crippen MR) is 108 cm³/mol. The number of rotatable bonds is 7. The van der Waals surface area contributed by atoms with E-state index in [1.54, 1.807) is 12.2 Å². The van der Waals surface area contributed by atoms with Crippen LogP contribution in [0.15, 0.2) is 46.9 Å². The molecule has 2 rings (SSSR count). The Labute approximate surface area is 158 Å². The average molecular weight is 402 g/mol. The predicted octanol–water partition coefficient (Wildman–Crippen LogP) is 5.62. The second kappa shape index (κ2) is 9.42. The first-order valence-corrected chi connectivity index (χ1v) is 9.40. The Morgan fingerprint density at radius 3 is 2.40 bits per heavy atom. The summed E-state index contributed by atoms with van der Waals surface area (Å²) in [5.74, 6) is 0.621. The molecule has 0 bridgehead atoms. The van der Waals surface area contributed by atoms with E-state index in [1.807, 2.05) is 31.2 Å². The van der Waals surface area contributed by atoms with Crippen molar-refractivity contribution in [3.05, 3.63) is 63.6 Å². The number of carbonyl (C=O) groups excluding carboxylic acids is 1. The summed E-state index contributed by atoms with van der Waals surface area (Å²) in [7, 11) is 0. The highest BCUT2D eigenvalue weighted by Gasteiger charge is 2.09. The maximum atomic E-state index is 12.4. The summed E-state index contributed by atoms with van der Waals surface area (Å²) < 4.78 is 6.56. The fourth-order valence-corrected chi connectivity index (χ4v) is 3.05. The fourth-order valence-electron chi connectivity index (χ4n) is 2.67. The van der Waals surface area contributed by atoms with Crippen molar-refractivity contribution in [1.82, 2.24) is 0 Å². The van der Waals surface area contributed by atoms with Gasteiger partial charge in [-0.3, -0.25) is 4.79 Å². The van der Waals surface area contributed by atoms with Gasteiger partial charge in [-0.05, 0) is 55.2 Å². The molecule has 0 atom stereocenters. The van der Waals surface area contributed by atoms with Gasteiger partial charge in [0.25, 0.3) is 0 Å². The number of amides is 1. The van der Waals surface area contributed by atoms with Gasteiger partial charge in [-0.2, -0.15) is 0 Å². The molecule has 0 fully saturated rings. The zero-order valence-corrected chi connectivity index (χ0v) is 16.5. The van der Waals surface area contributed by atoms with Crippen molar-refractivity contribution < 1.29 is 9.53 Å². The van der Waals surface area contributed by atoms with Gasteiger partial charge in [0.2, 0.25) is 5.91 Å². The highest BCUT2D eigenvalue weighted by molar-refractivity contribution is 9.10. The number of carbonyl (C=O) groups is 1. The van der Waals surface area contributed by atoms with E-state index in [0.29, 0.717) is 6.61 Å². The molecule has 0 heterocycles. The molecule has 25 heavy (non-hydrogen) atoms. The number of halogens is 1. The van der Waals surface area contributed by atoms with Crippen LogP contribution in [-0.4, -0.2) is 12.5 Å². The molecule has 0 aliphatic rings. The molecule has 4 heteroatoms. The smallest absolute Gasteiger partial charge is 0.248 e. The van der Waals surface area contributed by atoms with Gasteiger partial charge >= 0.3 is 0 Å². The van der Waals surface area contributed by atoms with Crippen LogP contribution in [0.1, 0.15) is 37.5 Å². The van der Waals surface area contributed by atoms with E-state index in [1.165, 1.54) is 0 Å². The number of para-hydroxylation sites is 1. The van der Waals surface area contributed by atoms with Gasteiger partial charge in [0.1, 0.15) is 5.75 Å². The molecule has 1 N–H and O–H groups in total. The van der Waals surface area contributed by atoms with Crippen LogP contribution in [0.2, 0.25) is 0 Å². The number of hydrogen-bond acceptors (Lipinski definition) is 2. The van der Waals surface area contributed by atoms with Gasteiger partial charge in [-0.25, -0.2) is 0 Å². The third kappa shape index (κ3) is 5.20. The Morgan fingerprint density at radius 1 is 1.12 bits per heavy atom. The van der Waals surface area contributed by atoms with Crippen molar-refractivity contribution in [2.45, 2.75) is 33.6 Å². The van der Waals surface area contributed by atoms with E-state index in [9.17, 15) is 4.79 Å². The van der Waals surface area contributed by atoms with E-state index < -0.39 is 0 Å². The van der Waals surface area contributed by atoms with Crippen molar-refractivity contribution >= 4 is 33.6 Å². The third-order valence-electron chi connectivity index (χ3n) is 3.93. The van der Waals surface area contributed by atoms with Crippen LogP contribution in [-0.2, 0) is 17.6 Å². The first-order valence-electron chi connectivity index (χ1n) is 8.61. The average Bonchev–Trinajstić information content (AvgIpc) is 2.62. The second-order valence-corrected chi connectivity index (χ2v) is 6.51. The topological polar surface area (TPSA) is 38.3 Å². The monoisotopic (exact) mass is 401 g/mol. The van der Waals surface area contributed by atoms with Crippen molar-refractivity contribution in [3.63, 3.8) is 0 Å². The summed E-state index contributed by atoms with van der Waals surface area (Å²) in [6.07, 6.45) is 5.10. The van der Waals surface area contributed by atoms with Crippen LogP contribution in [0, 0.1) is 0 Å². The molecule has 0 aromatic heterocycles. The molecule has 2 aromatic rings. The highest BCUT2D eigenvalue weighted by Crippen LogP contribution is 2.25. The summed E-state index contributed by atoms with van der Waals surface area (Å²) in [6.45, 7) is 6.71. The lowest BCUT2D eigenvalue weighted by Gasteiger charge is -2.13. The number of benzene rings is 2. The zero-order valence-electron chi connectivity index (χ0n) is 14.9. The Hall–Kier alpha value is -2.07. The van der Waals surface area contributed by atoms with Crippen molar-refractivity contribution in [3.8, 4) is 5.75 Å². The van der Waals surface area contributed by atoms with Crippen LogP contribution in [0.3, 0.4) is 0 Å². The molecular formula is C21H24BrNO2. The van der Waals surface area contributed by atoms with Gasteiger partial charge in [0.05, 0.1) is 6.61 Å². The van der Waals surface area contributed by atoms with Crippen LogP contribution < -0.4 is 10.1 Å². The molecular weight excluding hydrogens is 378 g/mol. The fraction of sp³-hybridized carbons (Fsp3) is 0.286. The van der Waals surface area contributed by atoms with Crippen LogP contribution in [0.5, 0.6) is 5.75 Å². The number of hydrogen-bond donors (Lipinski definition) is 1. The largest absolute Gasteiger partial charge is 0.493 e. The van der Waals surface area contributed by atoms with E-state index in [0.717, 1.165) is 45.4 Å². The molecule has 0 unspecified atom stereocenters. The molecule has 0 saturated carbocycles. The first kappa shape index (κ1) is 19.3. The minimum absolute atomic E-state index is 0.141. The van der Waals surface area contributed by atoms with Gasteiger partial charge in [0.15, 0.2) is 0 Å². The molecule has 0 spiro atoms. The van der Waals surface area contributed by atoms with E-state index in [4.69, 9.17) is 4.74 Å². The van der Waals surface area contributed by atoms with Crippen LogP contribution >= 0.6 is 15.9 Å². The first-order chi connectivity index (χ1) is 12.1. The Kier molecular flexibility index (Phi) is 7.26. The normalized spacial score (nSPS) is 10.9. The minimum atomic E-state index is -0.141. The number of ether oxygens (including phenoxy) is 1. The summed E-state index contributed by atoms with van der Waals surface area (Å²) in [5, 5.41) is 3.04. The van der Waals surface area contributed by atoms with Crippen molar-refractivity contribution in [2.75, 3.05) is 11.9 Å². The van der Waals surface area contributed by atoms with E-state index in [2.05, 4.69) is 47.2 Å². The quantitative estimate of drug-likeness (QED) is 0.610. The van der Waals surface area contributed by atoms with Gasteiger partial charge in [0, 0.05) is 21.8 Å². The summed E-state index contributed by atoms with van der Waals surface area (Å²) in [5.41, 5.74) is 4.10. The lowest BCUT2D eigenvalue weighted by Crippen LogP contribution is -2.11. The summed E-state index contributed by atoms with van der Waals surface area (Å²) in [4.78, 5) is 12.4. The van der Waals surface area contributed by atoms with Crippen molar-refractivity contribution in [1.29, 1.82) is 0 Å². The van der Waals surface area contributed by atoms with Gasteiger partial charge < -0.3 is 10.1 Å². The molecule has 0 aliphatic heterocycles. The second-order valence-electron chi connectivity index (χ2n) is 5.60. The summed E-state index contributed by atoms with van der Waals surface area (Å²) in [6, 6.07) is 11.9. The standard InChI is InChI=1S/C21H24BrNO2/c1-4-15-8-7-9-16(5-2)21(15)23-20(24)13-10-17-14-18(22)11-12-19(17)25-6-3/h7-14H,4-6H2,1-3H3,(H,23,24). The molecule has 1 amide bonds. The van der Waals surface area contributed by atoms with Crippen LogP contribution in [0.25, 0.3) is 6.08 Å². The number of aryl methyl sites for hydroxylation is 2. The maximum Gasteiger partial charge on any atom is 0.248 e. The van der Waals surface area contributed by atoms with Gasteiger partial charge in [-0.15, -0.1) is 0 Å². The molecule has 0 radical (unpaired) electrons. The van der Waals surface area contributed by atoms with E-state index in [-0.39, 0.29) is 5.91 Å². The molecule has 132 valence electrons. The Bertz CT molecular complexity index is 746. The molecule has 0 aliphatic carbocycles. The molecule has 0 saturated heterocycles. The Balaban J connectivity index is 2.21. The SMILES string of the molecule is CCOc1ccc(Br)cc1C=CC(=O)Nc1c(CC)cccc1CC. The highest BCUT2D eigenvalue weighted by atomic mass is 79.9. The zero-order chi connectivity index (χ0) is 18.2. The maximum absolute atomic E-state index is 12.4. The lowest BCUT2D eigenvalue weighted by molar-refractivity contribution is -0.111. The summed E-state index contributed by atoms with van der Waals surface area (Å²) >= 11 is 3.46. The van der Waals surface area contributed by atoms with Crippen LogP contribution in [0.4, 0.5) is 5.69 Å². The third-order valence-corrected chi connectivity index (χ3v) is 4.43. The molecule has 2 aromatic carbocycles. The molecule has 3 nitrogen and oxygen atoms in total. The number of anilines is 1. The van der Waals surface area contributed by atoms with Crippen molar-refractivity contribution in [2.24, 2.45) is 0 Å². The number of nitrogens with one attached hydrogen (secondary N) is 1. The van der Waals surface area contributed by atoms with Gasteiger partial charge in [-0.1, -0.05) is 48.0 Å². The lowest BCUT2D eigenvalue weighted by atomic mass is 10.0. The Morgan fingerprint density at radius 2 is 1.80 bits per heavy atom.